The summed E-state index contributed by atoms with van der Waals surface area (Å²) in [6.45, 7) is 0.189. The zero-order chi connectivity index (χ0) is 17.3. The van der Waals surface area contributed by atoms with Gasteiger partial charge in [0.2, 0.25) is 5.91 Å². The first-order valence-corrected chi connectivity index (χ1v) is 7.50. The van der Waals surface area contributed by atoms with Crippen LogP contribution in [0, 0.1) is 10.1 Å². The van der Waals surface area contributed by atoms with Gasteiger partial charge in [-0.3, -0.25) is 19.7 Å². The quantitative estimate of drug-likeness (QED) is 0.668. The van der Waals surface area contributed by atoms with Crippen LogP contribution in [0.15, 0.2) is 42.5 Å². The fourth-order valence-electron chi connectivity index (χ4n) is 2.51. The molecule has 0 saturated carbocycles. The first kappa shape index (κ1) is 15.9. The molecule has 122 valence electrons. The topological polar surface area (TPSA) is 92.5 Å². The number of halogens is 1. The molecule has 3 rings (SSSR count). The van der Waals surface area contributed by atoms with Gasteiger partial charge >= 0.3 is 0 Å². The molecule has 1 aliphatic heterocycles. The Bertz CT molecular complexity index is 853. The van der Waals surface area contributed by atoms with E-state index < -0.39 is 10.8 Å². The summed E-state index contributed by atoms with van der Waals surface area (Å²) in [6.07, 6.45) is 0.144. The average molecular weight is 346 g/mol. The van der Waals surface area contributed by atoms with Crippen molar-refractivity contribution in [3.63, 3.8) is 0 Å². The van der Waals surface area contributed by atoms with Crippen molar-refractivity contribution in [2.24, 2.45) is 0 Å². The second-order valence-electron chi connectivity index (χ2n) is 5.19. The molecule has 0 bridgehead atoms. The lowest BCUT2D eigenvalue weighted by molar-refractivity contribution is -0.384. The number of fused-ring (bicyclic) bond motifs is 1. The number of hydrogen-bond donors (Lipinski definition) is 1. The standard InChI is InChI=1S/C16H12ClN3O4/c17-12-9-10(20(23)24)5-6-11(12)16(22)19-8-7-15(21)18-13-3-1-2-4-14(13)19/h1-6,9H,7-8H2,(H,18,21). The number of rotatable bonds is 2. The number of nitrogens with zero attached hydrogens (tertiary/aromatic N) is 2. The molecule has 2 amide bonds. The number of nitrogens with one attached hydrogen (secondary N) is 1. The number of nitro groups is 1. The van der Waals surface area contributed by atoms with E-state index in [9.17, 15) is 19.7 Å². The lowest BCUT2D eigenvalue weighted by Crippen LogP contribution is -2.32. The van der Waals surface area contributed by atoms with Crippen molar-refractivity contribution in [1.82, 2.24) is 0 Å². The predicted molar refractivity (Wildman–Crippen MR) is 89.5 cm³/mol. The Balaban J connectivity index is 2.01. The van der Waals surface area contributed by atoms with Crippen LogP contribution in [0.4, 0.5) is 17.1 Å². The largest absolute Gasteiger partial charge is 0.324 e. The highest BCUT2D eigenvalue weighted by molar-refractivity contribution is 6.35. The third-order valence-electron chi connectivity index (χ3n) is 3.67. The third-order valence-corrected chi connectivity index (χ3v) is 3.98. The van der Waals surface area contributed by atoms with Crippen molar-refractivity contribution in [3.05, 3.63) is 63.2 Å². The Hall–Kier alpha value is -2.93. The maximum Gasteiger partial charge on any atom is 0.270 e. The summed E-state index contributed by atoms with van der Waals surface area (Å²) >= 11 is 6.05. The Morgan fingerprint density at radius 3 is 2.71 bits per heavy atom. The fraction of sp³-hybridized carbons (Fsp3) is 0.125. The number of hydrogen-bond acceptors (Lipinski definition) is 4. The van der Waals surface area contributed by atoms with Crippen molar-refractivity contribution in [2.45, 2.75) is 6.42 Å². The van der Waals surface area contributed by atoms with Crippen LogP contribution in [0.2, 0.25) is 5.02 Å². The van der Waals surface area contributed by atoms with Gasteiger partial charge < -0.3 is 10.2 Å². The first-order chi connectivity index (χ1) is 11.5. The summed E-state index contributed by atoms with van der Waals surface area (Å²) in [5, 5.41) is 13.5. The lowest BCUT2D eigenvalue weighted by atomic mass is 10.1. The van der Waals surface area contributed by atoms with Gasteiger partial charge in [0.05, 0.1) is 26.9 Å². The molecule has 0 aromatic heterocycles. The Morgan fingerprint density at radius 1 is 1.25 bits per heavy atom. The molecule has 1 aliphatic rings. The molecular weight excluding hydrogens is 334 g/mol. The zero-order valence-electron chi connectivity index (χ0n) is 12.4. The highest BCUT2D eigenvalue weighted by atomic mass is 35.5. The molecule has 2 aromatic carbocycles. The average Bonchev–Trinajstić information content (AvgIpc) is 2.72. The Morgan fingerprint density at radius 2 is 2.00 bits per heavy atom. The summed E-state index contributed by atoms with van der Waals surface area (Å²) in [6, 6.07) is 10.6. The van der Waals surface area contributed by atoms with Crippen molar-refractivity contribution in [2.75, 3.05) is 16.8 Å². The lowest BCUT2D eigenvalue weighted by Gasteiger charge is -2.22. The summed E-state index contributed by atoms with van der Waals surface area (Å²) in [4.78, 5) is 36.3. The highest BCUT2D eigenvalue weighted by Gasteiger charge is 2.26. The van der Waals surface area contributed by atoms with E-state index in [2.05, 4.69) is 5.32 Å². The number of carbonyl (C=O) groups is 2. The molecule has 0 radical (unpaired) electrons. The van der Waals surface area contributed by atoms with Crippen molar-refractivity contribution >= 4 is 40.5 Å². The maximum absolute atomic E-state index is 12.9. The van der Waals surface area contributed by atoms with Crippen LogP contribution >= 0.6 is 11.6 Å². The summed E-state index contributed by atoms with van der Waals surface area (Å²) in [7, 11) is 0. The van der Waals surface area contributed by atoms with E-state index in [1.54, 1.807) is 24.3 Å². The molecular formula is C16H12ClN3O4. The van der Waals surface area contributed by atoms with Crippen LogP contribution in [0.1, 0.15) is 16.8 Å². The number of non-ortho nitro benzene ring substituents is 1. The van der Waals surface area contributed by atoms with Gasteiger partial charge in [0, 0.05) is 25.1 Å². The molecule has 0 fully saturated rings. The number of para-hydroxylation sites is 2. The van der Waals surface area contributed by atoms with Gasteiger partial charge in [-0.25, -0.2) is 0 Å². The molecule has 7 nitrogen and oxygen atoms in total. The SMILES string of the molecule is O=C1CCN(C(=O)c2ccc([N+](=O)[O-])cc2Cl)c2ccccc2N1. The van der Waals surface area contributed by atoms with Crippen LogP contribution in [0.25, 0.3) is 0 Å². The van der Waals surface area contributed by atoms with E-state index in [0.717, 1.165) is 6.07 Å². The van der Waals surface area contributed by atoms with Gasteiger partial charge in [-0.1, -0.05) is 23.7 Å². The molecule has 0 aliphatic carbocycles. The smallest absolute Gasteiger partial charge is 0.270 e. The predicted octanol–water partition coefficient (Wildman–Crippen LogP) is 3.24. The van der Waals surface area contributed by atoms with Gasteiger partial charge in [-0.15, -0.1) is 0 Å². The minimum Gasteiger partial charge on any atom is -0.324 e. The zero-order valence-corrected chi connectivity index (χ0v) is 13.1. The highest BCUT2D eigenvalue weighted by Crippen LogP contribution is 2.31. The first-order valence-electron chi connectivity index (χ1n) is 7.12. The number of anilines is 2. The number of benzene rings is 2. The second kappa shape index (κ2) is 6.29. The summed E-state index contributed by atoms with van der Waals surface area (Å²) < 4.78 is 0. The second-order valence-corrected chi connectivity index (χ2v) is 5.60. The van der Waals surface area contributed by atoms with Gasteiger partial charge in [0.1, 0.15) is 0 Å². The van der Waals surface area contributed by atoms with E-state index in [0.29, 0.717) is 11.4 Å². The number of nitro benzene ring substituents is 1. The molecule has 1 heterocycles. The molecule has 8 heteroatoms. The van der Waals surface area contributed by atoms with Crippen molar-refractivity contribution in [1.29, 1.82) is 0 Å². The molecule has 2 aromatic rings. The number of amides is 2. The van der Waals surface area contributed by atoms with Gasteiger partial charge in [0.25, 0.3) is 11.6 Å². The van der Waals surface area contributed by atoms with Crippen LogP contribution in [0.3, 0.4) is 0 Å². The van der Waals surface area contributed by atoms with E-state index >= 15 is 0 Å². The Labute approximate surface area is 142 Å². The third kappa shape index (κ3) is 2.93. The number of carbonyl (C=O) groups excluding carboxylic acids is 2. The summed E-state index contributed by atoms with van der Waals surface area (Å²) in [5.74, 6) is -0.605. The van der Waals surface area contributed by atoms with Gasteiger partial charge in [0.15, 0.2) is 0 Å². The molecule has 0 saturated heterocycles. The van der Waals surface area contributed by atoms with E-state index in [-0.39, 0.29) is 35.1 Å². The molecule has 24 heavy (non-hydrogen) atoms. The van der Waals surface area contributed by atoms with Crippen LogP contribution < -0.4 is 10.2 Å². The van der Waals surface area contributed by atoms with E-state index in [4.69, 9.17) is 11.6 Å². The van der Waals surface area contributed by atoms with Gasteiger partial charge in [-0.05, 0) is 18.2 Å². The normalized spacial score (nSPS) is 13.7. The van der Waals surface area contributed by atoms with E-state index in [1.807, 2.05) is 0 Å². The minimum absolute atomic E-state index is 0.00443. The van der Waals surface area contributed by atoms with Gasteiger partial charge in [-0.2, -0.15) is 0 Å². The monoisotopic (exact) mass is 345 g/mol. The minimum atomic E-state index is -0.579. The van der Waals surface area contributed by atoms with Crippen LogP contribution in [-0.4, -0.2) is 23.3 Å². The molecule has 0 unspecified atom stereocenters. The maximum atomic E-state index is 12.9. The summed E-state index contributed by atoms with van der Waals surface area (Å²) in [5.41, 5.74) is 1.05. The molecule has 0 spiro atoms. The fourth-order valence-corrected chi connectivity index (χ4v) is 2.76. The van der Waals surface area contributed by atoms with Crippen LogP contribution in [-0.2, 0) is 4.79 Å². The molecule has 1 N–H and O–H groups in total. The van der Waals surface area contributed by atoms with Crippen molar-refractivity contribution in [3.8, 4) is 0 Å². The van der Waals surface area contributed by atoms with E-state index in [1.165, 1.54) is 17.0 Å². The molecule has 0 atom stereocenters. The Kier molecular flexibility index (Phi) is 4.18. The van der Waals surface area contributed by atoms with Crippen LogP contribution in [0.5, 0.6) is 0 Å². The van der Waals surface area contributed by atoms with Crippen molar-refractivity contribution < 1.29 is 14.5 Å².